The molecule has 2 aromatic carbocycles. The van der Waals surface area contributed by atoms with Gasteiger partial charge >= 0.3 is 0 Å². The number of nitrogens with one attached hydrogen (secondary N) is 1. The topological polar surface area (TPSA) is 86.6 Å². The summed E-state index contributed by atoms with van der Waals surface area (Å²) in [6.07, 6.45) is 1.23. The Kier molecular flexibility index (Phi) is 2.95. The highest BCUT2D eigenvalue weighted by Crippen LogP contribution is 2.32. The third kappa shape index (κ3) is 2.25. The quantitative estimate of drug-likeness (QED) is 0.448. The van der Waals surface area contributed by atoms with E-state index in [2.05, 4.69) is 5.32 Å². The van der Waals surface area contributed by atoms with Crippen LogP contribution in [-0.2, 0) is 4.79 Å². The minimum absolute atomic E-state index is 0.190. The number of allylic oxidation sites excluding steroid dienone is 1. The van der Waals surface area contributed by atoms with E-state index in [0.29, 0.717) is 11.3 Å². The van der Waals surface area contributed by atoms with Crippen LogP contribution in [-0.4, -0.2) is 21.9 Å². The van der Waals surface area contributed by atoms with E-state index in [0.717, 1.165) is 6.07 Å². The number of phenolic OH excluding ortho intramolecular Hbond substituents is 2. The lowest BCUT2D eigenvalue weighted by atomic mass is 10.0. The number of benzene rings is 2. The first kappa shape index (κ1) is 12.9. The molecular weight excluding hydrogens is 270 g/mol. The van der Waals surface area contributed by atoms with Gasteiger partial charge in [-0.2, -0.15) is 0 Å². The van der Waals surface area contributed by atoms with E-state index in [1.54, 1.807) is 24.3 Å². The van der Waals surface area contributed by atoms with Crippen LogP contribution >= 0.6 is 0 Å². The third-order valence-corrected chi connectivity index (χ3v) is 3.25. The van der Waals surface area contributed by atoms with Gasteiger partial charge in [-0.3, -0.25) is 9.59 Å². The van der Waals surface area contributed by atoms with Crippen LogP contribution in [0.25, 0.3) is 5.57 Å². The molecule has 0 bridgehead atoms. The van der Waals surface area contributed by atoms with Crippen LogP contribution in [0, 0.1) is 0 Å². The first-order valence-electron chi connectivity index (χ1n) is 6.25. The number of carbonyl (C=O) groups excluding carboxylic acids is 2. The molecule has 21 heavy (non-hydrogen) atoms. The second-order valence-electron chi connectivity index (χ2n) is 4.63. The molecule has 1 heterocycles. The fraction of sp³-hybridized carbons (Fsp3) is 0. The van der Waals surface area contributed by atoms with E-state index in [1.807, 2.05) is 0 Å². The molecule has 3 N–H and O–H groups in total. The number of phenols is 2. The van der Waals surface area contributed by atoms with E-state index in [4.69, 9.17) is 0 Å². The van der Waals surface area contributed by atoms with Gasteiger partial charge in [0.1, 0.15) is 0 Å². The highest BCUT2D eigenvalue weighted by Gasteiger charge is 2.24. The van der Waals surface area contributed by atoms with Crippen LogP contribution in [0.4, 0.5) is 5.69 Å². The van der Waals surface area contributed by atoms with E-state index in [-0.39, 0.29) is 28.5 Å². The fourth-order valence-corrected chi connectivity index (χ4v) is 2.17. The van der Waals surface area contributed by atoms with Gasteiger partial charge in [0, 0.05) is 16.8 Å². The molecule has 2 aromatic rings. The number of ketones is 1. The molecule has 3 rings (SSSR count). The van der Waals surface area contributed by atoms with Gasteiger partial charge in [-0.1, -0.05) is 18.2 Å². The molecule has 0 radical (unpaired) electrons. The molecule has 0 saturated heterocycles. The van der Waals surface area contributed by atoms with Gasteiger partial charge in [0.15, 0.2) is 17.3 Å². The zero-order valence-electron chi connectivity index (χ0n) is 10.8. The second kappa shape index (κ2) is 4.79. The Morgan fingerprint density at radius 3 is 2.57 bits per heavy atom. The maximum absolute atomic E-state index is 12.2. The van der Waals surface area contributed by atoms with Gasteiger partial charge < -0.3 is 15.5 Å². The Morgan fingerprint density at radius 2 is 1.81 bits per heavy atom. The Morgan fingerprint density at radius 1 is 1.05 bits per heavy atom. The molecule has 1 amide bonds. The predicted molar refractivity (Wildman–Crippen MR) is 77.2 cm³/mol. The summed E-state index contributed by atoms with van der Waals surface area (Å²) in [5, 5.41) is 21.3. The number of para-hydroxylation sites is 1. The summed E-state index contributed by atoms with van der Waals surface area (Å²) in [6, 6.07) is 10.8. The largest absolute Gasteiger partial charge is 0.504 e. The summed E-state index contributed by atoms with van der Waals surface area (Å²) in [5.74, 6) is -1.45. The average Bonchev–Trinajstić information content (AvgIpc) is 2.78. The van der Waals surface area contributed by atoms with Crippen molar-refractivity contribution in [3.8, 4) is 11.5 Å². The van der Waals surface area contributed by atoms with Crippen LogP contribution in [0.2, 0.25) is 0 Å². The highest BCUT2D eigenvalue weighted by atomic mass is 16.3. The summed E-state index contributed by atoms with van der Waals surface area (Å²) in [4.78, 5) is 24.1. The maximum atomic E-state index is 12.2. The number of carbonyl (C=O) groups is 2. The van der Waals surface area contributed by atoms with Crippen molar-refractivity contribution in [3.63, 3.8) is 0 Å². The predicted octanol–water partition coefficient (Wildman–Crippen LogP) is 2.32. The molecule has 0 atom stereocenters. The molecule has 0 saturated carbocycles. The zero-order chi connectivity index (χ0) is 15.0. The zero-order valence-corrected chi connectivity index (χ0v) is 10.8. The van der Waals surface area contributed by atoms with E-state index in [9.17, 15) is 19.8 Å². The Hall–Kier alpha value is -3.08. The van der Waals surface area contributed by atoms with Gasteiger partial charge in [-0.25, -0.2) is 0 Å². The fourth-order valence-electron chi connectivity index (χ4n) is 2.17. The molecule has 0 unspecified atom stereocenters. The number of fused-ring (bicyclic) bond motifs is 1. The molecule has 0 fully saturated rings. The molecule has 1 aliphatic heterocycles. The standard InChI is InChI=1S/C16H11NO4/c18-13-6-5-9(7-15(13)20)14(19)8-11-10-3-1-2-4-12(10)17-16(11)21/h1-8,18,20H,(H,17,21)/b11-8-. The second-order valence-corrected chi connectivity index (χ2v) is 4.63. The number of hydrogen-bond donors (Lipinski definition) is 3. The number of aromatic hydroxyl groups is 2. The van der Waals surface area contributed by atoms with Gasteiger partial charge in [0.2, 0.25) is 0 Å². The van der Waals surface area contributed by atoms with Gasteiger partial charge in [0.05, 0.1) is 5.57 Å². The SMILES string of the molecule is O=C1Nc2ccccc2/C1=C/C(=O)c1ccc(O)c(O)c1. The smallest absolute Gasteiger partial charge is 0.256 e. The van der Waals surface area contributed by atoms with Crippen molar-refractivity contribution in [2.45, 2.75) is 0 Å². The van der Waals surface area contributed by atoms with E-state index >= 15 is 0 Å². The van der Waals surface area contributed by atoms with Crippen molar-refractivity contribution >= 4 is 23.0 Å². The number of rotatable bonds is 2. The van der Waals surface area contributed by atoms with Gasteiger partial charge in [-0.05, 0) is 30.3 Å². The van der Waals surface area contributed by atoms with Crippen molar-refractivity contribution < 1.29 is 19.8 Å². The summed E-state index contributed by atoms with van der Waals surface area (Å²) < 4.78 is 0. The number of amides is 1. The number of hydrogen-bond acceptors (Lipinski definition) is 4. The maximum Gasteiger partial charge on any atom is 0.256 e. The van der Waals surface area contributed by atoms with Crippen molar-refractivity contribution in [1.82, 2.24) is 0 Å². The lowest BCUT2D eigenvalue weighted by molar-refractivity contribution is -0.110. The summed E-state index contributed by atoms with van der Waals surface area (Å²) in [5.41, 5.74) is 1.80. The van der Waals surface area contributed by atoms with Crippen molar-refractivity contribution in [3.05, 3.63) is 59.7 Å². The molecule has 0 aromatic heterocycles. The summed E-state index contributed by atoms with van der Waals surface area (Å²) in [7, 11) is 0. The van der Waals surface area contributed by atoms with Crippen molar-refractivity contribution in [2.24, 2.45) is 0 Å². The summed E-state index contributed by atoms with van der Waals surface area (Å²) in [6.45, 7) is 0. The average molecular weight is 281 g/mol. The molecule has 5 heteroatoms. The molecule has 1 aliphatic rings. The normalized spacial score (nSPS) is 14.9. The van der Waals surface area contributed by atoms with Crippen LogP contribution in [0.3, 0.4) is 0 Å². The third-order valence-electron chi connectivity index (χ3n) is 3.25. The first-order valence-corrected chi connectivity index (χ1v) is 6.25. The first-order chi connectivity index (χ1) is 10.1. The van der Waals surface area contributed by atoms with Crippen LogP contribution in [0.5, 0.6) is 11.5 Å². The van der Waals surface area contributed by atoms with Crippen molar-refractivity contribution in [2.75, 3.05) is 5.32 Å². The molecule has 5 nitrogen and oxygen atoms in total. The Labute approximate surface area is 120 Å². The monoisotopic (exact) mass is 281 g/mol. The molecule has 104 valence electrons. The Bertz CT molecular complexity index is 793. The van der Waals surface area contributed by atoms with Crippen LogP contribution in [0.15, 0.2) is 48.5 Å². The van der Waals surface area contributed by atoms with E-state index < -0.39 is 5.78 Å². The lowest BCUT2D eigenvalue weighted by Gasteiger charge is -2.01. The van der Waals surface area contributed by atoms with E-state index in [1.165, 1.54) is 18.2 Å². The minimum Gasteiger partial charge on any atom is -0.504 e. The molecule has 0 aliphatic carbocycles. The molecular formula is C16H11NO4. The Balaban J connectivity index is 2.00. The van der Waals surface area contributed by atoms with Gasteiger partial charge in [0.25, 0.3) is 5.91 Å². The van der Waals surface area contributed by atoms with Crippen LogP contribution in [0.1, 0.15) is 15.9 Å². The lowest BCUT2D eigenvalue weighted by Crippen LogP contribution is -2.06. The highest BCUT2D eigenvalue weighted by molar-refractivity contribution is 6.35. The molecule has 0 spiro atoms. The van der Waals surface area contributed by atoms with Crippen molar-refractivity contribution in [1.29, 1.82) is 0 Å². The minimum atomic E-state index is -0.424. The number of anilines is 1. The summed E-state index contributed by atoms with van der Waals surface area (Å²) >= 11 is 0. The van der Waals surface area contributed by atoms with Gasteiger partial charge in [-0.15, -0.1) is 0 Å². The van der Waals surface area contributed by atoms with Crippen LogP contribution < -0.4 is 5.32 Å².